The van der Waals surface area contributed by atoms with Crippen molar-refractivity contribution >= 4 is 5.69 Å². The zero-order valence-electron chi connectivity index (χ0n) is 11.2. The number of benzene rings is 1. The number of halogens is 1. The fourth-order valence-corrected chi connectivity index (χ4v) is 2.54. The van der Waals surface area contributed by atoms with Crippen LogP contribution in [-0.2, 0) is 6.54 Å². The first kappa shape index (κ1) is 13.1. The molecule has 6 heteroatoms. The molecule has 3 rings (SSSR count). The fourth-order valence-electron chi connectivity index (χ4n) is 2.54. The van der Waals surface area contributed by atoms with E-state index in [-0.39, 0.29) is 5.82 Å². The van der Waals surface area contributed by atoms with E-state index in [9.17, 15) is 4.39 Å². The summed E-state index contributed by atoms with van der Waals surface area (Å²) >= 11 is 0. The summed E-state index contributed by atoms with van der Waals surface area (Å²) in [4.78, 5) is 6.20. The summed E-state index contributed by atoms with van der Waals surface area (Å²) in [5.41, 5.74) is 1.09. The van der Waals surface area contributed by atoms with Gasteiger partial charge in [0.25, 0.3) is 0 Å². The number of hydrogen-bond donors (Lipinski definition) is 1. The van der Waals surface area contributed by atoms with Crippen LogP contribution < -0.4 is 10.2 Å². The number of rotatable bonds is 5. The minimum atomic E-state index is -0.185. The molecular weight excluding hydrogens is 257 g/mol. The van der Waals surface area contributed by atoms with Crippen molar-refractivity contribution in [3.05, 3.63) is 42.7 Å². The van der Waals surface area contributed by atoms with Crippen LogP contribution in [0.3, 0.4) is 0 Å². The van der Waals surface area contributed by atoms with E-state index in [0.29, 0.717) is 6.04 Å². The van der Waals surface area contributed by atoms with Crippen LogP contribution in [0.15, 0.2) is 36.9 Å². The van der Waals surface area contributed by atoms with Crippen LogP contribution in [0.4, 0.5) is 10.1 Å². The fraction of sp³-hybridized carbons (Fsp3) is 0.429. The molecule has 0 saturated carbocycles. The highest BCUT2D eigenvalue weighted by molar-refractivity contribution is 5.47. The van der Waals surface area contributed by atoms with Crippen LogP contribution in [0.2, 0.25) is 0 Å². The molecule has 2 heterocycles. The third kappa shape index (κ3) is 3.14. The zero-order valence-corrected chi connectivity index (χ0v) is 11.2. The molecule has 0 bridgehead atoms. The second kappa shape index (κ2) is 6.00. The Kier molecular flexibility index (Phi) is 3.92. The Hall–Kier alpha value is -1.95. The monoisotopic (exact) mass is 275 g/mol. The smallest absolute Gasteiger partial charge is 0.137 e. The number of anilines is 1. The maximum atomic E-state index is 12.9. The van der Waals surface area contributed by atoms with Crippen LogP contribution in [0, 0.1) is 5.82 Å². The molecule has 1 aliphatic rings. The Morgan fingerprint density at radius 3 is 2.90 bits per heavy atom. The molecule has 0 aliphatic carbocycles. The predicted molar refractivity (Wildman–Crippen MR) is 75.0 cm³/mol. The van der Waals surface area contributed by atoms with Crippen LogP contribution in [0.25, 0.3) is 0 Å². The third-order valence-electron chi connectivity index (χ3n) is 3.62. The molecule has 1 N–H and O–H groups in total. The van der Waals surface area contributed by atoms with Gasteiger partial charge in [-0.05, 0) is 30.7 Å². The SMILES string of the molecule is Fc1ccc(N2CC[C@@H](NCCn3cncn3)C2)cc1. The quantitative estimate of drug-likeness (QED) is 0.893. The molecule has 0 amide bonds. The average molecular weight is 275 g/mol. The summed E-state index contributed by atoms with van der Waals surface area (Å²) in [7, 11) is 0. The molecule has 2 aromatic rings. The lowest BCUT2D eigenvalue weighted by Gasteiger charge is -2.19. The summed E-state index contributed by atoms with van der Waals surface area (Å²) in [6.45, 7) is 3.67. The predicted octanol–water partition coefficient (Wildman–Crippen LogP) is 1.29. The molecule has 1 atom stereocenters. The van der Waals surface area contributed by atoms with Gasteiger partial charge in [-0.1, -0.05) is 0 Å². The first-order valence-corrected chi connectivity index (χ1v) is 6.87. The standard InChI is InChI=1S/C14H18FN5/c15-12-1-3-14(4-2-12)19-7-5-13(9-19)17-6-8-20-11-16-10-18-20/h1-4,10-11,13,17H,5-9H2/t13-/m1/s1. The molecule has 1 aliphatic heterocycles. The largest absolute Gasteiger partial charge is 0.370 e. The Morgan fingerprint density at radius 2 is 2.15 bits per heavy atom. The van der Waals surface area contributed by atoms with Crippen molar-refractivity contribution in [1.29, 1.82) is 0 Å². The summed E-state index contributed by atoms with van der Waals surface area (Å²) < 4.78 is 14.7. The molecule has 1 aromatic carbocycles. The van der Waals surface area contributed by atoms with Crippen LogP contribution in [-0.4, -0.2) is 40.4 Å². The number of nitrogens with zero attached hydrogens (tertiary/aromatic N) is 4. The van der Waals surface area contributed by atoms with Crippen LogP contribution >= 0.6 is 0 Å². The van der Waals surface area contributed by atoms with Gasteiger partial charge in [0.05, 0.1) is 6.54 Å². The first-order valence-electron chi connectivity index (χ1n) is 6.87. The molecule has 106 valence electrons. The Labute approximate surface area is 117 Å². The molecule has 0 radical (unpaired) electrons. The van der Waals surface area contributed by atoms with Crippen molar-refractivity contribution in [2.45, 2.75) is 19.0 Å². The zero-order chi connectivity index (χ0) is 13.8. The van der Waals surface area contributed by atoms with Crippen molar-refractivity contribution in [2.24, 2.45) is 0 Å². The maximum absolute atomic E-state index is 12.9. The highest BCUT2D eigenvalue weighted by Gasteiger charge is 2.21. The number of hydrogen-bond acceptors (Lipinski definition) is 4. The molecule has 1 saturated heterocycles. The summed E-state index contributed by atoms with van der Waals surface area (Å²) in [5, 5.41) is 7.60. The minimum Gasteiger partial charge on any atom is -0.370 e. The topological polar surface area (TPSA) is 46.0 Å². The number of aromatic nitrogens is 3. The Morgan fingerprint density at radius 1 is 1.30 bits per heavy atom. The Balaban J connectivity index is 1.46. The van der Waals surface area contributed by atoms with Gasteiger partial charge in [0.15, 0.2) is 0 Å². The van der Waals surface area contributed by atoms with Gasteiger partial charge in [-0.3, -0.25) is 4.68 Å². The van der Waals surface area contributed by atoms with Gasteiger partial charge >= 0.3 is 0 Å². The van der Waals surface area contributed by atoms with E-state index in [1.54, 1.807) is 12.7 Å². The van der Waals surface area contributed by atoms with E-state index < -0.39 is 0 Å². The highest BCUT2D eigenvalue weighted by atomic mass is 19.1. The van der Waals surface area contributed by atoms with Gasteiger partial charge < -0.3 is 10.2 Å². The third-order valence-corrected chi connectivity index (χ3v) is 3.62. The molecule has 1 fully saturated rings. The summed E-state index contributed by atoms with van der Waals surface area (Å²) in [6, 6.07) is 7.19. The lowest BCUT2D eigenvalue weighted by Crippen LogP contribution is -2.34. The van der Waals surface area contributed by atoms with E-state index >= 15 is 0 Å². The van der Waals surface area contributed by atoms with E-state index in [4.69, 9.17) is 0 Å². The molecule has 5 nitrogen and oxygen atoms in total. The first-order chi connectivity index (χ1) is 9.81. The van der Waals surface area contributed by atoms with Crippen molar-refractivity contribution in [3.63, 3.8) is 0 Å². The van der Waals surface area contributed by atoms with Crippen molar-refractivity contribution in [2.75, 3.05) is 24.5 Å². The van der Waals surface area contributed by atoms with Gasteiger partial charge in [0, 0.05) is 31.4 Å². The normalized spacial score (nSPS) is 18.6. The molecule has 0 spiro atoms. The van der Waals surface area contributed by atoms with Crippen molar-refractivity contribution < 1.29 is 4.39 Å². The van der Waals surface area contributed by atoms with Gasteiger partial charge in [-0.25, -0.2) is 9.37 Å². The summed E-state index contributed by atoms with van der Waals surface area (Å²) in [5.74, 6) is -0.185. The second-order valence-corrected chi connectivity index (χ2v) is 5.02. The molecular formula is C14H18FN5. The van der Waals surface area contributed by atoms with E-state index in [0.717, 1.165) is 38.3 Å². The van der Waals surface area contributed by atoms with E-state index in [1.807, 2.05) is 16.8 Å². The maximum Gasteiger partial charge on any atom is 0.137 e. The van der Waals surface area contributed by atoms with Gasteiger partial charge in [0.1, 0.15) is 18.5 Å². The average Bonchev–Trinajstić information content (AvgIpc) is 3.11. The molecule has 0 unspecified atom stereocenters. The van der Waals surface area contributed by atoms with Crippen molar-refractivity contribution in [3.8, 4) is 0 Å². The lowest BCUT2D eigenvalue weighted by atomic mass is 10.2. The van der Waals surface area contributed by atoms with Crippen LogP contribution in [0.1, 0.15) is 6.42 Å². The van der Waals surface area contributed by atoms with E-state index in [2.05, 4.69) is 20.3 Å². The Bertz CT molecular complexity index is 525. The highest BCUT2D eigenvalue weighted by Crippen LogP contribution is 2.20. The summed E-state index contributed by atoms with van der Waals surface area (Å²) in [6.07, 6.45) is 4.38. The van der Waals surface area contributed by atoms with Gasteiger partial charge in [-0.2, -0.15) is 5.10 Å². The lowest BCUT2D eigenvalue weighted by molar-refractivity contribution is 0.496. The second-order valence-electron chi connectivity index (χ2n) is 5.02. The van der Waals surface area contributed by atoms with Gasteiger partial charge in [-0.15, -0.1) is 0 Å². The van der Waals surface area contributed by atoms with E-state index in [1.165, 1.54) is 12.1 Å². The molecule has 20 heavy (non-hydrogen) atoms. The van der Waals surface area contributed by atoms with Crippen molar-refractivity contribution in [1.82, 2.24) is 20.1 Å². The number of nitrogens with one attached hydrogen (secondary N) is 1. The van der Waals surface area contributed by atoms with Gasteiger partial charge in [0.2, 0.25) is 0 Å². The minimum absolute atomic E-state index is 0.185. The van der Waals surface area contributed by atoms with Crippen LogP contribution in [0.5, 0.6) is 0 Å². The molecule has 1 aromatic heterocycles.